The first-order valence-corrected chi connectivity index (χ1v) is 7.66. The highest BCUT2D eigenvalue weighted by molar-refractivity contribution is 14.1. The van der Waals surface area contributed by atoms with E-state index in [9.17, 15) is 10.1 Å². The minimum absolute atomic E-state index is 0.153. The Morgan fingerprint density at radius 2 is 2.00 bits per heavy atom. The van der Waals surface area contributed by atoms with Crippen molar-refractivity contribution in [3.8, 4) is 0 Å². The van der Waals surface area contributed by atoms with E-state index in [4.69, 9.17) is 0 Å². The summed E-state index contributed by atoms with van der Waals surface area (Å²) < 4.78 is 0.914. The molecule has 1 aliphatic carbocycles. The van der Waals surface area contributed by atoms with Gasteiger partial charge in [-0.1, -0.05) is 13.8 Å². The summed E-state index contributed by atoms with van der Waals surface area (Å²) in [6.07, 6.45) is 4.79. The van der Waals surface area contributed by atoms with Crippen LogP contribution in [0.3, 0.4) is 0 Å². The van der Waals surface area contributed by atoms with Crippen molar-refractivity contribution in [2.24, 2.45) is 5.41 Å². The Morgan fingerprint density at radius 3 is 2.53 bits per heavy atom. The van der Waals surface area contributed by atoms with Crippen molar-refractivity contribution in [3.05, 3.63) is 31.9 Å². The van der Waals surface area contributed by atoms with Gasteiger partial charge in [0.05, 0.1) is 4.92 Å². The van der Waals surface area contributed by atoms with Crippen molar-refractivity contribution in [2.45, 2.75) is 45.6 Å². The molecular formula is C14H19IN2O2. The zero-order chi connectivity index (χ0) is 14.0. The molecule has 5 heteroatoms. The number of non-ortho nitro benzene ring substituents is 1. The summed E-state index contributed by atoms with van der Waals surface area (Å²) in [5, 5.41) is 14.2. The fraction of sp³-hybridized carbons (Fsp3) is 0.571. The molecule has 0 heterocycles. The van der Waals surface area contributed by atoms with Crippen molar-refractivity contribution in [2.75, 3.05) is 5.32 Å². The van der Waals surface area contributed by atoms with Gasteiger partial charge >= 0.3 is 0 Å². The summed E-state index contributed by atoms with van der Waals surface area (Å²) in [7, 11) is 0. The molecule has 0 atom stereocenters. The Hall–Kier alpha value is -0.850. The maximum Gasteiger partial charge on any atom is 0.270 e. The Kier molecular flexibility index (Phi) is 4.32. The van der Waals surface area contributed by atoms with Crippen LogP contribution in [0, 0.1) is 19.1 Å². The van der Waals surface area contributed by atoms with Gasteiger partial charge < -0.3 is 5.32 Å². The van der Waals surface area contributed by atoms with E-state index in [0.29, 0.717) is 11.5 Å². The molecule has 1 aromatic carbocycles. The van der Waals surface area contributed by atoms with Gasteiger partial charge in [-0.25, -0.2) is 0 Å². The van der Waals surface area contributed by atoms with Gasteiger partial charge in [-0.15, -0.1) is 0 Å². The van der Waals surface area contributed by atoms with Crippen LogP contribution in [0.1, 0.15) is 39.5 Å². The first kappa shape index (κ1) is 14.6. The lowest BCUT2D eigenvalue weighted by Gasteiger charge is -2.35. The average molecular weight is 374 g/mol. The van der Waals surface area contributed by atoms with E-state index >= 15 is 0 Å². The summed E-state index contributed by atoms with van der Waals surface area (Å²) >= 11 is 2.16. The van der Waals surface area contributed by atoms with Crippen molar-refractivity contribution in [1.29, 1.82) is 0 Å². The number of nitro groups is 1. The number of anilines is 1. The standard InChI is InChI=1S/C14H19IN2O2/c1-14(2)7-5-10(6-8-14)16-13-4-3-11(17(18)19)9-12(13)15/h3-4,9-10,16H,5-8H2,1-2H3. The molecule has 0 spiro atoms. The number of nitrogens with zero attached hydrogens (tertiary/aromatic N) is 1. The van der Waals surface area contributed by atoms with Gasteiger partial charge in [-0.05, 0) is 59.8 Å². The van der Waals surface area contributed by atoms with E-state index in [1.54, 1.807) is 12.1 Å². The topological polar surface area (TPSA) is 55.2 Å². The van der Waals surface area contributed by atoms with Crippen LogP contribution in [0.15, 0.2) is 18.2 Å². The third-order valence-electron chi connectivity index (χ3n) is 3.86. The van der Waals surface area contributed by atoms with Crippen molar-refractivity contribution >= 4 is 34.0 Å². The molecule has 0 saturated heterocycles. The Labute approximate surface area is 127 Å². The van der Waals surface area contributed by atoms with Crippen molar-refractivity contribution < 1.29 is 4.92 Å². The van der Waals surface area contributed by atoms with Crippen LogP contribution in [-0.4, -0.2) is 11.0 Å². The average Bonchev–Trinajstić information content (AvgIpc) is 2.34. The number of halogens is 1. The molecule has 2 rings (SSSR count). The SMILES string of the molecule is CC1(C)CCC(Nc2ccc([N+](=O)[O-])cc2I)CC1. The quantitative estimate of drug-likeness (QED) is 0.479. The van der Waals surface area contributed by atoms with E-state index in [0.717, 1.165) is 9.26 Å². The number of rotatable bonds is 3. The van der Waals surface area contributed by atoms with Gasteiger partial charge in [0.15, 0.2) is 0 Å². The Bertz CT molecular complexity index is 478. The molecule has 0 radical (unpaired) electrons. The number of hydrogen-bond donors (Lipinski definition) is 1. The molecule has 1 aromatic rings. The van der Waals surface area contributed by atoms with Crippen LogP contribution >= 0.6 is 22.6 Å². The van der Waals surface area contributed by atoms with Crippen LogP contribution < -0.4 is 5.32 Å². The first-order valence-electron chi connectivity index (χ1n) is 6.58. The third kappa shape index (κ3) is 3.81. The predicted octanol–water partition coefficient (Wildman–Crippen LogP) is 4.58. The normalized spacial score (nSPS) is 19.1. The van der Waals surface area contributed by atoms with E-state index in [1.807, 2.05) is 6.07 Å². The second-order valence-electron chi connectivity index (χ2n) is 6.00. The third-order valence-corrected chi connectivity index (χ3v) is 4.75. The lowest BCUT2D eigenvalue weighted by atomic mass is 9.75. The number of benzene rings is 1. The number of nitro benzene ring substituents is 1. The van der Waals surface area contributed by atoms with Crippen LogP contribution in [-0.2, 0) is 0 Å². The Morgan fingerprint density at radius 1 is 1.37 bits per heavy atom. The maximum atomic E-state index is 10.7. The molecule has 1 aliphatic rings. The Balaban J connectivity index is 2.02. The van der Waals surface area contributed by atoms with Crippen molar-refractivity contribution in [3.63, 3.8) is 0 Å². The first-order chi connectivity index (χ1) is 8.87. The van der Waals surface area contributed by atoms with Gasteiger partial charge in [-0.2, -0.15) is 0 Å². The van der Waals surface area contributed by atoms with Gasteiger partial charge in [0.25, 0.3) is 5.69 Å². The predicted molar refractivity (Wildman–Crippen MR) is 85.5 cm³/mol. The van der Waals surface area contributed by atoms with Gasteiger partial charge in [0.1, 0.15) is 0 Å². The number of nitrogens with one attached hydrogen (secondary N) is 1. The van der Waals surface area contributed by atoms with E-state index in [1.165, 1.54) is 25.7 Å². The van der Waals surface area contributed by atoms with Gasteiger partial charge in [0, 0.05) is 27.4 Å². The molecule has 0 unspecified atom stereocenters. The molecule has 104 valence electrons. The molecule has 4 nitrogen and oxygen atoms in total. The van der Waals surface area contributed by atoms with Gasteiger partial charge in [-0.3, -0.25) is 10.1 Å². The smallest absolute Gasteiger partial charge is 0.270 e. The fourth-order valence-corrected chi connectivity index (χ4v) is 3.15. The second-order valence-corrected chi connectivity index (χ2v) is 7.17. The minimum atomic E-state index is -0.352. The summed E-state index contributed by atoms with van der Waals surface area (Å²) in [6, 6.07) is 5.50. The highest BCUT2D eigenvalue weighted by atomic mass is 127. The molecule has 1 fully saturated rings. The molecule has 1 saturated carbocycles. The highest BCUT2D eigenvalue weighted by Crippen LogP contribution is 2.36. The lowest BCUT2D eigenvalue weighted by molar-refractivity contribution is -0.384. The summed E-state index contributed by atoms with van der Waals surface area (Å²) in [5.41, 5.74) is 1.62. The van der Waals surface area contributed by atoms with Crippen LogP contribution in [0.2, 0.25) is 0 Å². The molecule has 0 amide bonds. The molecule has 0 aliphatic heterocycles. The molecule has 1 N–H and O–H groups in total. The number of hydrogen-bond acceptors (Lipinski definition) is 3. The van der Waals surface area contributed by atoms with Crippen LogP contribution in [0.5, 0.6) is 0 Å². The maximum absolute atomic E-state index is 10.7. The highest BCUT2D eigenvalue weighted by Gasteiger charge is 2.27. The monoisotopic (exact) mass is 374 g/mol. The fourth-order valence-electron chi connectivity index (χ4n) is 2.50. The van der Waals surface area contributed by atoms with Crippen molar-refractivity contribution in [1.82, 2.24) is 0 Å². The van der Waals surface area contributed by atoms with Gasteiger partial charge in [0.2, 0.25) is 0 Å². The van der Waals surface area contributed by atoms with Crippen LogP contribution in [0.4, 0.5) is 11.4 Å². The van der Waals surface area contributed by atoms with E-state index < -0.39 is 0 Å². The summed E-state index contributed by atoms with van der Waals surface area (Å²) in [4.78, 5) is 10.4. The van der Waals surface area contributed by atoms with Crippen LogP contribution in [0.25, 0.3) is 0 Å². The second kappa shape index (κ2) is 5.64. The van der Waals surface area contributed by atoms with E-state index in [2.05, 4.69) is 41.8 Å². The molecule has 0 bridgehead atoms. The summed E-state index contributed by atoms with van der Waals surface area (Å²) in [5.74, 6) is 0. The molecular weight excluding hydrogens is 355 g/mol. The molecule has 0 aromatic heterocycles. The zero-order valence-corrected chi connectivity index (χ0v) is 13.4. The summed E-state index contributed by atoms with van der Waals surface area (Å²) in [6.45, 7) is 4.64. The zero-order valence-electron chi connectivity index (χ0n) is 11.3. The molecule has 19 heavy (non-hydrogen) atoms. The lowest BCUT2D eigenvalue weighted by Crippen LogP contribution is -2.30. The minimum Gasteiger partial charge on any atom is -0.381 e. The largest absolute Gasteiger partial charge is 0.381 e. The van der Waals surface area contributed by atoms with E-state index in [-0.39, 0.29) is 10.6 Å².